The van der Waals surface area contributed by atoms with Gasteiger partial charge in [-0.3, -0.25) is 9.59 Å². The molecule has 2 aromatic rings. The van der Waals surface area contributed by atoms with Crippen molar-refractivity contribution in [2.45, 2.75) is 40.7 Å². The van der Waals surface area contributed by atoms with Gasteiger partial charge in [0, 0.05) is 22.9 Å². The van der Waals surface area contributed by atoms with Crippen molar-refractivity contribution < 1.29 is 9.59 Å². The maximum absolute atomic E-state index is 12.6. The molecule has 2 amide bonds. The molecule has 0 fully saturated rings. The minimum absolute atomic E-state index is 0.0489. The molecule has 0 bridgehead atoms. The summed E-state index contributed by atoms with van der Waals surface area (Å²) in [6.45, 7) is 9.78. The summed E-state index contributed by atoms with van der Waals surface area (Å²) in [5, 5.41) is 5.79. The average molecular weight is 324 g/mol. The number of anilines is 1. The summed E-state index contributed by atoms with van der Waals surface area (Å²) in [6, 6.07) is 10.9. The van der Waals surface area contributed by atoms with Gasteiger partial charge in [0.25, 0.3) is 11.8 Å². The van der Waals surface area contributed by atoms with Crippen LogP contribution in [0.25, 0.3) is 0 Å². The summed E-state index contributed by atoms with van der Waals surface area (Å²) in [5.41, 5.74) is 4.97. The molecule has 0 unspecified atom stereocenters. The molecule has 0 atom stereocenters. The molecule has 0 aliphatic heterocycles. The molecule has 0 spiro atoms. The minimum Gasteiger partial charge on any atom is -0.350 e. The fourth-order valence-electron chi connectivity index (χ4n) is 2.71. The molecule has 0 aromatic heterocycles. The molecular weight excluding hydrogens is 300 g/mol. The third kappa shape index (κ3) is 4.22. The van der Waals surface area contributed by atoms with Gasteiger partial charge in [-0.25, -0.2) is 0 Å². The van der Waals surface area contributed by atoms with Gasteiger partial charge in [-0.15, -0.1) is 0 Å². The molecule has 24 heavy (non-hydrogen) atoms. The summed E-state index contributed by atoms with van der Waals surface area (Å²) in [7, 11) is 0. The summed E-state index contributed by atoms with van der Waals surface area (Å²) < 4.78 is 0. The quantitative estimate of drug-likeness (QED) is 0.893. The molecule has 2 aromatic carbocycles. The van der Waals surface area contributed by atoms with E-state index < -0.39 is 0 Å². The van der Waals surface area contributed by atoms with E-state index in [0.29, 0.717) is 11.1 Å². The van der Waals surface area contributed by atoms with Crippen LogP contribution in [0.4, 0.5) is 5.69 Å². The van der Waals surface area contributed by atoms with E-state index in [1.165, 1.54) is 0 Å². The largest absolute Gasteiger partial charge is 0.350 e. The lowest BCUT2D eigenvalue weighted by molar-refractivity contribution is 0.0943. The molecular formula is C20H24N2O2. The Balaban J connectivity index is 2.24. The van der Waals surface area contributed by atoms with E-state index in [9.17, 15) is 9.59 Å². The Labute approximate surface area is 143 Å². The fraction of sp³-hybridized carbons (Fsp3) is 0.300. The number of hydrogen-bond donors (Lipinski definition) is 2. The van der Waals surface area contributed by atoms with Crippen LogP contribution in [0.15, 0.2) is 36.4 Å². The second kappa shape index (κ2) is 7.30. The van der Waals surface area contributed by atoms with Crippen LogP contribution in [0.1, 0.15) is 51.3 Å². The lowest BCUT2D eigenvalue weighted by Gasteiger charge is -2.13. The van der Waals surface area contributed by atoms with E-state index in [-0.39, 0.29) is 17.9 Å². The zero-order valence-corrected chi connectivity index (χ0v) is 14.9. The van der Waals surface area contributed by atoms with Crippen LogP contribution in [0, 0.1) is 20.8 Å². The van der Waals surface area contributed by atoms with Gasteiger partial charge < -0.3 is 10.6 Å². The average Bonchev–Trinajstić information content (AvgIpc) is 2.50. The van der Waals surface area contributed by atoms with E-state index >= 15 is 0 Å². The Morgan fingerprint density at radius 1 is 0.875 bits per heavy atom. The normalized spacial score (nSPS) is 10.6. The Morgan fingerprint density at radius 3 is 1.96 bits per heavy atom. The minimum atomic E-state index is -0.218. The first-order valence-electron chi connectivity index (χ1n) is 8.08. The SMILES string of the molecule is Cc1cc(C)c(NC(=O)c2cccc(C(=O)NC(C)C)c2)c(C)c1. The third-order valence-corrected chi connectivity index (χ3v) is 3.72. The van der Waals surface area contributed by atoms with E-state index in [4.69, 9.17) is 0 Å². The van der Waals surface area contributed by atoms with Crippen molar-refractivity contribution in [1.82, 2.24) is 5.32 Å². The Bertz CT molecular complexity index is 756. The summed E-state index contributed by atoms with van der Waals surface area (Å²) in [5.74, 6) is -0.397. The summed E-state index contributed by atoms with van der Waals surface area (Å²) >= 11 is 0. The molecule has 4 nitrogen and oxygen atoms in total. The Kier molecular flexibility index (Phi) is 5.39. The standard InChI is InChI=1S/C20H24N2O2/c1-12(2)21-19(23)16-7-6-8-17(11-16)20(24)22-18-14(4)9-13(3)10-15(18)5/h6-12H,1-5H3,(H,21,23)(H,22,24). The van der Waals surface area contributed by atoms with Crippen LogP contribution in [0.2, 0.25) is 0 Å². The Hall–Kier alpha value is -2.62. The van der Waals surface area contributed by atoms with Crippen LogP contribution in [-0.2, 0) is 0 Å². The van der Waals surface area contributed by atoms with Gasteiger partial charge in [0.05, 0.1) is 0 Å². The van der Waals surface area contributed by atoms with Crippen LogP contribution < -0.4 is 10.6 Å². The molecule has 0 heterocycles. The number of nitrogens with one attached hydrogen (secondary N) is 2. The maximum atomic E-state index is 12.6. The highest BCUT2D eigenvalue weighted by molar-refractivity contribution is 6.06. The fourth-order valence-corrected chi connectivity index (χ4v) is 2.71. The topological polar surface area (TPSA) is 58.2 Å². The first kappa shape index (κ1) is 17.7. The van der Waals surface area contributed by atoms with Gasteiger partial charge in [-0.2, -0.15) is 0 Å². The smallest absolute Gasteiger partial charge is 0.255 e. The number of carbonyl (C=O) groups excluding carboxylic acids is 2. The van der Waals surface area contributed by atoms with E-state index in [1.54, 1.807) is 24.3 Å². The number of hydrogen-bond acceptors (Lipinski definition) is 2. The van der Waals surface area contributed by atoms with Crippen molar-refractivity contribution >= 4 is 17.5 Å². The summed E-state index contributed by atoms with van der Waals surface area (Å²) in [4.78, 5) is 24.6. The van der Waals surface area contributed by atoms with Crippen LogP contribution in [-0.4, -0.2) is 17.9 Å². The third-order valence-electron chi connectivity index (χ3n) is 3.72. The van der Waals surface area contributed by atoms with Crippen molar-refractivity contribution in [3.63, 3.8) is 0 Å². The molecule has 0 saturated heterocycles. The molecule has 4 heteroatoms. The number of amides is 2. The van der Waals surface area contributed by atoms with Gasteiger partial charge >= 0.3 is 0 Å². The number of rotatable bonds is 4. The van der Waals surface area contributed by atoms with Crippen molar-refractivity contribution in [2.75, 3.05) is 5.32 Å². The van der Waals surface area contributed by atoms with Crippen LogP contribution in [0.5, 0.6) is 0 Å². The number of carbonyl (C=O) groups is 2. The van der Waals surface area contributed by atoms with Gasteiger partial charge in [0.1, 0.15) is 0 Å². The van der Waals surface area contributed by atoms with E-state index in [1.807, 2.05) is 46.8 Å². The second-order valence-corrected chi connectivity index (χ2v) is 6.44. The Morgan fingerprint density at radius 2 is 1.42 bits per heavy atom. The van der Waals surface area contributed by atoms with Gasteiger partial charge in [0.15, 0.2) is 0 Å². The molecule has 0 saturated carbocycles. The molecule has 0 radical (unpaired) electrons. The van der Waals surface area contributed by atoms with Crippen molar-refractivity contribution in [1.29, 1.82) is 0 Å². The predicted molar refractivity (Wildman–Crippen MR) is 97.7 cm³/mol. The van der Waals surface area contributed by atoms with Gasteiger partial charge in [-0.05, 0) is 63.9 Å². The first-order valence-corrected chi connectivity index (χ1v) is 8.08. The molecule has 0 aliphatic carbocycles. The summed E-state index contributed by atoms with van der Waals surface area (Å²) in [6.07, 6.45) is 0. The highest BCUT2D eigenvalue weighted by atomic mass is 16.2. The number of aryl methyl sites for hydroxylation is 3. The first-order chi connectivity index (χ1) is 11.3. The highest BCUT2D eigenvalue weighted by Gasteiger charge is 2.13. The molecule has 2 N–H and O–H groups in total. The molecule has 0 aliphatic rings. The van der Waals surface area contributed by atoms with Crippen molar-refractivity contribution in [2.24, 2.45) is 0 Å². The zero-order valence-electron chi connectivity index (χ0n) is 14.9. The van der Waals surface area contributed by atoms with Gasteiger partial charge in [0.2, 0.25) is 0 Å². The molecule has 126 valence electrons. The maximum Gasteiger partial charge on any atom is 0.255 e. The second-order valence-electron chi connectivity index (χ2n) is 6.44. The monoisotopic (exact) mass is 324 g/mol. The van der Waals surface area contributed by atoms with E-state index in [0.717, 1.165) is 22.4 Å². The highest BCUT2D eigenvalue weighted by Crippen LogP contribution is 2.22. The van der Waals surface area contributed by atoms with Crippen molar-refractivity contribution in [3.8, 4) is 0 Å². The van der Waals surface area contributed by atoms with Crippen LogP contribution in [0.3, 0.4) is 0 Å². The zero-order chi connectivity index (χ0) is 17.9. The number of benzene rings is 2. The molecule has 2 rings (SSSR count). The van der Waals surface area contributed by atoms with Gasteiger partial charge in [-0.1, -0.05) is 23.8 Å². The van der Waals surface area contributed by atoms with E-state index in [2.05, 4.69) is 10.6 Å². The van der Waals surface area contributed by atoms with Crippen molar-refractivity contribution in [3.05, 3.63) is 64.2 Å². The predicted octanol–water partition coefficient (Wildman–Crippen LogP) is 4.00. The van der Waals surface area contributed by atoms with Crippen LogP contribution >= 0.6 is 0 Å². The lowest BCUT2D eigenvalue weighted by Crippen LogP contribution is -2.30. The lowest BCUT2D eigenvalue weighted by atomic mass is 10.0.